The summed E-state index contributed by atoms with van der Waals surface area (Å²) in [5.41, 5.74) is 1.51. The minimum atomic E-state index is -0.704. The lowest BCUT2D eigenvalue weighted by Crippen LogP contribution is -2.39. The van der Waals surface area contributed by atoms with Gasteiger partial charge >= 0.3 is 0 Å². The molecule has 3 N–H and O–H groups in total. The Balaban J connectivity index is 0.00000480. The van der Waals surface area contributed by atoms with Crippen molar-refractivity contribution in [3.05, 3.63) is 59.4 Å². The van der Waals surface area contributed by atoms with Crippen LogP contribution in [0.15, 0.2) is 47.5 Å². The van der Waals surface area contributed by atoms with Crippen molar-refractivity contribution in [3.63, 3.8) is 0 Å². The quantitative estimate of drug-likeness (QED) is 0.234. The van der Waals surface area contributed by atoms with Crippen LogP contribution in [0.25, 0.3) is 0 Å². The van der Waals surface area contributed by atoms with Crippen LogP contribution < -0.4 is 20.1 Å². The van der Waals surface area contributed by atoms with Gasteiger partial charge in [-0.25, -0.2) is 9.38 Å². The lowest BCUT2D eigenvalue weighted by atomic mass is 10.1. The van der Waals surface area contributed by atoms with E-state index in [1.807, 2.05) is 52.0 Å². The molecule has 172 valence electrons. The van der Waals surface area contributed by atoms with Crippen LogP contribution >= 0.6 is 24.0 Å². The maximum Gasteiger partial charge on any atom is 0.191 e. The fourth-order valence-corrected chi connectivity index (χ4v) is 2.78. The van der Waals surface area contributed by atoms with E-state index in [1.54, 1.807) is 12.1 Å². The van der Waals surface area contributed by atoms with Crippen LogP contribution in [0.4, 0.5) is 4.39 Å². The molecule has 2 rings (SSSR count). The Labute approximate surface area is 201 Å². The molecule has 6 nitrogen and oxygen atoms in total. The average molecular weight is 545 g/mol. The zero-order valence-electron chi connectivity index (χ0n) is 18.5. The first-order valence-corrected chi connectivity index (χ1v) is 10.3. The van der Waals surface area contributed by atoms with Crippen molar-refractivity contribution in [1.29, 1.82) is 0 Å². The molecule has 0 aliphatic carbocycles. The molecule has 0 saturated carbocycles. The van der Waals surface area contributed by atoms with Gasteiger partial charge in [-0.05, 0) is 63.1 Å². The van der Waals surface area contributed by atoms with Gasteiger partial charge in [0, 0.05) is 13.1 Å². The van der Waals surface area contributed by atoms with E-state index in [-0.39, 0.29) is 42.4 Å². The number of aliphatic imine (C=N–C) groups is 1. The van der Waals surface area contributed by atoms with Crippen molar-refractivity contribution in [1.82, 2.24) is 10.6 Å². The summed E-state index contributed by atoms with van der Waals surface area (Å²) in [6.07, 6.45) is -0.602. The molecule has 8 heteroatoms. The third kappa shape index (κ3) is 9.30. The molecule has 0 aromatic heterocycles. The maximum atomic E-state index is 14.0. The number of hydrogen-bond donors (Lipinski definition) is 3. The number of aliphatic hydroxyl groups is 1. The molecule has 0 spiro atoms. The molecule has 0 heterocycles. The van der Waals surface area contributed by atoms with E-state index in [1.165, 1.54) is 6.07 Å². The summed E-state index contributed by atoms with van der Waals surface area (Å²) in [5, 5.41) is 16.7. The number of benzene rings is 2. The summed E-state index contributed by atoms with van der Waals surface area (Å²) in [4.78, 5) is 4.47. The van der Waals surface area contributed by atoms with E-state index >= 15 is 0 Å². The highest BCUT2D eigenvalue weighted by molar-refractivity contribution is 14.0. The van der Waals surface area contributed by atoms with Gasteiger partial charge in [0.1, 0.15) is 5.75 Å². The number of hydrogen-bond acceptors (Lipinski definition) is 4. The molecule has 0 amide bonds. The first-order valence-electron chi connectivity index (χ1n) is 10.3. The third-order valence-corrected chi connectivity index (χ3v) is 4.16. The third-order valence-electron chi connectivity index (χ3n) is 4.16. The van der Waals surface area contributed by atoms with E-state index in [9.17, 15) is 9.50 Å². The molecule has 2 aromatic carbocycles. The van der Waals surface area contributed by atoms with Gasteiger partial charge in [-0.15, -0.1) is 24.0 Å². The van der Waals surface area contributed by atoms with Crippen LogP contribution in [0, 0.1) is 5.82 Å². The van der Waals surface area contributed by atoms with Crippen LogP contribution in [0.3, 0.4) is 0 Å². The first-order chi connectivity index (χ1) is 14.4. The van der Waals surface area contributed by atoms with Crippen molar-refractivity contribution >= 4 is 29.9 Å². The number of guanidine groups is 1. The molecule has 0 radical (unpaired) electrons. The Morgan fingerprint density at radius 3 is 2.39 bits per heavy atom. The SMILES string of the molecule is CCNC(=NCc1ccc(OCC)c(F)c1)NCC(O)c1ccc(OC(C)C)cc1.I. The van der Waals surface area contributed by atoms with Crippen LogP contribution in [-0.4, -0.2) is 36.9 Å². The van der Waals surface area contributed by atoms with Gasteiger partial charge in [-0.1, -0.05) is 18.2 Å². The van der Waals surface area contributed by atoms with E-state index in [0.717, 1.165) is 16.9 Å². The fourth-order valence-electron chi connectivity index (χ4n) is 2.78. The molecule has 31 heavy (non-hydrogen) atoms. The van der Waals surface area contributed by atoms with Gasteiger partial charge in [0.05, 0.1) is 25.4 Å². The summed E-state index contributed by atoms with van der Waals surface area (Å²) in [6.45, 7) is 9.38. The molecule has 0 bridgehead atoms. The van der Waals surface area contributed by atoms with E-state index < -0.39 is 11.9 Å². The molecular formula is C23H33FIN3O3. The minimum Gasteiger partial charge on any atom is -0.491 e. The Hall–Kier alpha value is -2.07. The van der Waals surface area contributed by atoms with Gasteiger partial charge in [0.25, 0.3) is 0 Å². The molecule has 0 fully saturated rings. The Morgan fingerprint density at radius 1 is 1.10 bits per heavy atom. The van der Waals surface area contributed by atoms with Crippen LogP contribution in [-0.2, 0) is 6.54 Å². The second-order valence-electron chi connectivity index (χ2n) is 7.03. The van der Waals surface area contributed by atoms with Gasteiger partial charge in [0.15, 0.2) is 17.5 Å². The van der Waals surface area contributed by atoms with Crippen molar-refractivity contribution < 1.29 is 19.0 Å². The number of halogens is 2. The number of nitrogens with one attached hydrogen (secondary N) is 2. The van der Waals surface area contributed by atoms with Gasteiger partial charge < -0.3 is 25.2 Å². The summed E-state index contributed by atoms with van der Waals surface area (Å²) in [5.74, 6) is 1.16. The number of nitrogens with zero attached hydrogens (tertiary/aromatic N) is 1. The first kappa shape index (κ1) is 27.0. The van der Waals surface area contributed by atoms with Crippen LogP contribution in [0.1, 0.15) is 44.9 Å². The largest absolute Gasteiger partial charge is 0.491 e. The van der Waals surface area contributed by atoms with Gasteiger partial charge in [0.2, 0.25) is 0 Å². The zero-order chi connectivity index (χ0) is 21.9. The normalized spacial score (nSPS) is 12.2. The molecule has 0 aliphatic heterocycles. The smallest absolute Gasteiger partial charge is 0.191 e. The summed E-state index contributed by atoms with van der Waals surface area (Å²) < 4.78 is 24.8. The predicted octanol–water partition coefficient (Wildman–Crippen LogP) is 4.42. The lowest BCUT2D eigenvalue weighted by molar-refractivity contribution is 0.180. The lowest BCUT2D eigenvalue weighted by Gasteiger charge is -2.16. The number of aliphatic hydroxyl groups excluding tert-OH is 1. The Kier molecular flexibility index (Phi) is 12.2. The van der Waals surface area contributed by atoms with Crippen LogP contribution in [0.2, 0.25) is 0 Å². The topological polar surface area (TPSA) is 75.1 Å². The second kappa shape index (κ2) is 14.1. The molecular weight excluding hydrogens is 512 g/mol. The second-order valence-corrected chi connectivity index (χ2v) is 7.03. The van der Waals surface area contributed by atoms with Gasteiger partial charge in [-0.2, -0.15) is 0 Å². The zero-order valence-corrected chi connectivity index (χ0v) is 20.9. The summed E-state index contributed by atoms with van der Waals surface area (Å²) in [6, 6.07) is 12.2. The van der Waals surface area contributed by atoms with Gasteiger partial charge in [-0.3, -0.25) is 0 Å². The van der Waals surface area contributed by atoms with Crippen molar-refractivity contribution in [2.45, 2.75) is 46.4 Å². The maximum absolute atomic E-state index is 14.0. The van der Waals surface area contributed by atoms with E-state index in [2.05, 4.69) is 15.6 Å². The fraction of sp³-hybridized carbons (Fsp3) is 0.435. The molecule has 1 atom stereocenters. The highest BCUT2D eigenvalue weighted by atomic mass is 127. The monoisotopic (exact) mass is 545 g/mol. The van der Waals surface area contributed by atoms with Crippen molar-refractivity contribution in [2.24, 2.45) is 4.99 Å². The molecule has 0 aliphatic rings. The molecule has 0 saturated heterocycles. The number of ether oxygens (including phenoxy) is 2. The Morgan fingerprint density at radius 2 is 1.81 bits per heavy atom. The Bertz CT molecular complexity index is 816. The van der Waals surface area contributed by atoms with E-state index in [0.29, 0.717) is 25.7 Å². The highest BCUT2D eigenvalue weighted by Gasteiger charge is 2.10. The van der Waals surface area contributed by atoms with Crippen molar-refractivity contribution in [3.8, 4) is 11.5 Å². The predicted molar refractivity (Wildman–Crippen MR) is 133 cm³/mol. The summed E-state index contributed by atoms with van der Waals surface area (Å²) >= 11 is 0. The molecule has 1 unspecified atom stereocenters. The standard InChI is InChI=1S/C23H32FN3O3.HI/c1-5-25-23(26-14-17-7-12-22(29-6-2)20(24)13-17)27-15-21(28)18-8-10-19(11-9-18)30-16(3)4;/h7-13,16,21,28H,5-6,14-15H2,1-4H3,(H2,25,26,27);1H. The summed E-state index contributed by atoms with van der Waals surface area (Å²) in [7, 11) is 0. The average Bonchev–Trinajstić information content (AvgIpc) is 2.72. The highest BCUT2D eigenvalue weighted by Crippen LogP contribution is 2.19. The van der Waals surface area contributed by atoms with Crippen molar-refractivity contribution in [2.75, 3.05) is 19.7 Å². The molecule has 2 aromatic rings. The van der Waals surface area contributed by atoms with Crippen LogP contribution in [0.5, 0.6) is 11.5 Å². The minimum absolute atomic E-state index is 0. The number of rotatable bonds is 10. The van der Waals surface area contributed by atoms with E-state index in [4.69, 9.17) is 9.47 Å².